The fourth-order valence-corrected chi connectivity index (χ4v) is 2.35. The van der Waals surface area contributed by atoms with Crippen molar-refractivity contribution >= 4 is 11.6 Å². The highest BCUT2D eigenvalue weighted by Crippen LogP contribution is 2.22. The van der Waals surface area contributed by atoms with E-state index in [0.29, 0.717) is 30.8 Å². The van der Waals surface area contributed by atoms with Crippen LogP contribution in [0.25, 0.3) is 0 Å². The summed E-state index contributed by atoms with van der Waals surface area (Å²) < 4.78 is 5.22. The Kier molecular flexibility index (Phi) is 4.04. The van der Waals surface area contributed by atoms with Crippen LogP contribution in [0.1, 0.15) is 23.7 Å². The van der Waals surface area contributed by atoms with E-state index in [2.05, 4.69) is 5.16 Å². The highest BCUT2D eigenvalue weighted by atomic mass is 16.5. The van der Waals surface area contributed by atoms with Gasteiger partial charge in [-0.3, -0.25) is 4.79 Å². The summed E-state index contributed by atoms with van der Waals surface area (Å²) in [6, 6.07) is 7.21. The number of ether oxygens (including phenoxy) is 1. The number of oxime groups is 1. The minimum atomic E-state index is -0.0405. The van der Waals surface area contributed by atoms with Gasteiger partial charge in [0, 0.05) is 25.4 Å². The van der Waals surface area contributed by atoms with Gasteiger partial charge in [0.05, 0.1) is 18.4 Å². The van der Waals surface area contributed by atoms with Crippen molar-refractivity contribution in [2.24, 2.45) is 11.1 Å². The molecule has 1 fully saturated rings. The predicted octanol–water partition coefficient (Wildman–Crippen LogP) is 2.01. The average Bonchev–Trinajstić information content (AvgIpc) is 2.46. The number of methoxy groups -OCH3 is 1. The number of para-hydroxylation sites is 1. The first-order valence-electron chi connectivity index (χ1n) is 6.30. The number of benzene rings is 1. The molecule has 1 aromatic carbocycles. The monoisotopic (exact) mass is 262 g/mol. The Morgan fingerprint density at radius 2 is 2.21 bits per heavy atom. The van der Waals surface area contributed by atoms with Crippen molar-refractivity contribution in [2.75, 3.05) is 20.2 Å². The number of nitrogens with zero attached hydrogens (tertiary/aromatic N) is 2. The zero-order chi connectivity index (χ0) is 13.8. The molecule has 5 nitrogen and oxygen atoms in total. The van der Waals surface area contributed by atoms with E-state index in [1.807, 2.05) is 19.1 Å². The number of carbonyl (C=O) groups excluding carboxylic acids is 1. The number of hydrogen-bond acceptors (Lipinski definition) is 4. The van der Waals surface area contributed by atoms with Gasteiger partial charge in [-0.05, 0) is 12.1 Å². The minimum absolute atomic E-state index is 0.0405. The van der Waals surface area contributed by atoms with Crippen LogP contribution in [0.5, 0.6) is 5.75 Å². The molecule has 19 heavy (non-hydrogen) atoms. The van der Waals surface area contributed by atoms with Gasteiger partial charge < -0.3 is 14.8 Å². The van der Waals surface area contributed by atoms with Crippen molar-refractivity contribution in [3.8, 4) is 5.75 Å². The van der Waals surface area contributed by atoms with Crippen LogP contribution >= 0.6 is 0 Å². The molecule has 102 valence electrons. The van der Waals surface area contributed by atoms with Gasteiger partial charge in [-0.15, -0.1) is 0 Å². The van der Waals surface area contributed by atoms with Crippen LogP contribution in [0.4, 0.5) is 0 Å². The van der Waals surface area contributed by atoms with Gasteiger partial charge in [0.1, 0.15) is 5.75 Å². The van der Waals surface area contributed by atoms with Gasteiger partial charge in [0.25, 0.3) is 5.91 Å². The number of rotatable bonds is 2. The molecule has 1 saturated heterocycles. The third kappa shape index (κ3) is 2.70. The highest BCUT2D eigenvalue weighted by Gasteiger charge is 2.27. The molecule has 1 aliphatic rings. The van der Waals surface area contributed by atoms with E-state index < -0.39 is 0 Å². The fraction of sp³-hybridized carbons (Fsp3) is 0.429. The Morgan fingerprint density at radius 1 is 1.47 bits per heavy atom. The van der Waals surface area contributed by atoms with Crippen LogP contribution in [-0.4, -0.2) is 41.9 Å². The second-order valence-electron chi connectivity index (χ2n) is 4.69. The summed E-state index contributed by atoms with van der Waals surface area (Å²) in [5, 5.41) is 12.1. The second kappa shape index (κ2) is 5.73. The van der Waals surface area contributed by atoms with Crippen LogP contribution in [0, 0.1) is 5.92 Å². The van der Waals surface area contributed by atoms with Gasteiger partial charge in [-0.2, -0.15) is 0 Å². The first-order chi connectivity index (χ1) is 9.17. The number of carbonyl (C=O) groups is 1. The SMILES string of the molecule is COc1ccccc1C(=O)N1CC/C(=N/O)C(C)C1. The number of hydrogen-bond donors (Lipinski definition) is 1. The molecule has 1 amide bonds. The average molecular weight is 262 g/mol. The van der Waals surface area contributed by atoms with E-state index in [1.54, 1.807) is 24.1 Å². The summed E-state index contributed by atoms with van der Waals surface area (Å²) in [7, 11) is 1.56. The van der Waals surface area contributed by atoms with Crippen molar-refractivity contribution in [2.45, 2.75) is 13.3 Å². The molecule has 2 rings (SSSR count). The maximum Gasteiger partial charge on any atom is 0.257 e. The van der Waals surface area contributed by atoms with Gasteiger partial charge in [0.15, 0.2) is 0 Å². The predicted molar refractivity (Wildman–Crippen MR) is 71.9 cm³/mol. The Morgan fingerprint density at radius 3 is 2.84 bits per heavy atom. The molecule has 0 bridgehead atoms. The first kappa shape index (κ1) is 13.4. The van der Waals surface area contributed by atoms with Crippen LogP contribution < -0.4 is 4.74 Å². The van der Waals surface area contributed by atoms with Crippen LogP contribution in [0.2, 0.25) is 0 Å². The molecule has 0 aliphatic carbocycles. The number of likely N-dealkylation sites (tertiary alicyclic amines) is 1. The lowest BCUT2D eigenvalue weighted by atomic mass is 9.97. The molecule has 1 N–H and O–H groups in total. The smallest absolute Gasteiger partial charge is 0.257 e. The molecule has 1 heterocycles. The molecule has 0 aromatic heterocycles. The van der Waals surface area contributed by atoms with Crippen LogP contribution in [0.3, 0.4) is 0 Å². The number of piperidine rings is 1. The van der Waals surface area contributed by atoms with Crippen molar-refractivity contribution in [1.29, 1.82) is 0 Å². The van der Waals surface area contributed by atoms with Gasteiger partial charge in [0.2, 0.25) is 0 Å². The Bertz CT molecular complexity index is 499. The highest BCUT2D eigenvalue weighted by molar-refractivity contribution is 5.98. The van der Waals surface area contributed by atoms with E-state index in [4.69, 9.17) is 9.94 Å². The third-order valence-electron chi connectivity index (χ3n) is 3.45. The normalized spacial score (nSPS) is 21.5. The topological polar surface area (TPSA) is 62.1 Å². The fourth-order valence-electron chi connectivity index (χ4n) is 2.35. The molecule has 1 unspecified atom stereocenters. The summed E-state index contributed by atoms with van der Waals surface area (Å²) >= 11 is 0. The van der Waals surface area contributed by atoms with Gasteiger partial charge >= 0.3 is 0 Å². The molecule has 1 atom stereocenters. The lowest BCUT2D eigenvalue weighted by Crippen LogP contribution is -2.43. The van der Waals surface area contributed by atoms with Gasteiger partial charge in [-0.1, -0.05) is 24.2 Å². The van der Waals surface area contributed by atoms with E-state index in [9.17, 15) is 4.79 Å². The summed E-state index contributed by atoms with van der Waals surface area (Å²) in [5.41, 5.74) is 1.32. The van der Waals surface area contributed by atoms with Crippen LogP contribution in [0.15, 0.2) is 29.4 Å². The lowest BCUT2D eigenvalue weighted by Gasteiger charge is -2.31. The van der Waals surface area contributed by atoms with Crippen molar-refractivity contribution in [3.63, 3.8) is 0 Å². The Hall–Kier alpha value is -2.04. The molecule has 0 radical (unpaired) electrons. The quantitative estimate of drug-likeness (QED) is 0.655. The molecule has 1 aliphatic heterocycles. The van der Waals surface area contributed by atoms with Crippen molar-refractivity contribution in [1.82, 2.24) is 4.90 Å². The zero-order valence-corrected chi connectivity index (χ0v) is 11.2. The van der Waals surface area contributed by atoms with Gasteiger partial charge in [-0.25, -0.2) is 0 Å². The van der Waals surface area contributed by atoms with E-state index >= 15 is 0 Å². The standard InChI is InChI=1S/C14H18N2O3/c1-10-9-16(8-7-12(10)15-18)14(17)11-5-3-4-6-13(11)19-2/h3-6,10,18H,7-9H2,1-2H3/b15-12-. The van der Waals surface area contributed by atoms with Crippen LogP contribution in [-0.2, 0) is 0 Å². The van der Waals surface area contributed by atoms with E-state index in [1.165, 1.54) is 0 Å². The van der Waals surface area contributed by atoms with Crippen molar-refractivity contribution in [3.05, 3.63) is 29.8 Å². The summed E-state index contributed by atoms with van der Waals surface area (Å²) in [5.74, 6) is 0.625. The molecular weight excluding hydrogens is 244 g/mol. The first-order valence-corrected chi connectivity index (χ1v) is 6.30. The number of amides is 1. The lowest BCUT2D eigenvalue weighted by molar-refractivity contribution is 0.0730. The molecule has 0 spiro atoms. The maximum atomic E-state index is 12.5. The molecule has 0 saturated carbocycles. The second-order valence-corrected chi connectivity index (χ2v) is 4.69. The summed E-state index contributed by atoms with van der Waals surface area (Å²) in [6.07, 6.45) is 0.610. The maximum absolute atomic E-state index is 12.5. The molecule has 1 aromatic rings. The Balaban J connectivity index is 2.17. The van der Waals surface area contributed by atoms with E-state index in [0.717, 1.165) is 5.71 Å². The summed E-state index contributed by atoms with van der Waals surface area (Å²) in [6.45, 7) is 3.09. The summed E-state index contributed by atoms with van der Waals surface area (Å²) in [4.78, 5) is 14.2. The molecule has 5 heteroatoms. The minimum Gasteiger partial charge on any atom is -0.496 e. The Labute approximate surface area is 112 Å². The largest absolute Gasteiger partial charge is 0.496 e. The molecular formula is C14H18N2O3. The van der Waals surface area contributed by atoms with Crippen molar-refractivity contribution < 1.29 is 14.7 Å². The zero-order valence-electron chi connectivity index (χ0n) is 11.2. The van der Waals surface area contributed by atoms with E-state index in [-0.39, 0.29) is 11.8 Å². The third-order valence-corrected chi connectivity index (χ3v) is 3.45.